The second-order valence-corrected chi connectivity index (χ2v) is 5.56. The van der Waals surface area contributed by atoms with Crippen LogP contribution in [-0.2, 0) is 19.1 Å². The van der Waals surface area contributed by atoms with Crippen LogP contribution in [-0.4, -0.2) is 17.2 Å². The molecule has 0 bridgehead atoms. The molecule has 2 N–H and O–H groups in total. The van der Waals surface area contributed by atoms with E-state index in [1.54, 1.807) is 19.9 Å². The average Bonchev–Trinajstić information content (AvgIpc) is 2.90. The Morgan fingerprint density at radius 3 is 2.50 bits per heavy atom. The highest BCUT2D eigenvalue weighted by atomic mass is 19.4. The van der Waals surface area contributed by atoms with Gasteiger partial charge in [-0.3, -0.25) is 0 Å². The van der Waals surface area contributed by atoms with Gasteiger partial charge in [-0.05, 0) is 38.0 Å². The molecule has 0 fully saturated rings. The molecular weight excluding hydrogens is 323 g/mol. The maximum Gasteiger partial charge on any atom is 0.416 e. The summed E-state index contributed by atoms with van der Waals surface area (Å²) in [7, 11) is 0. The molecule has 0 aliphatic carbocycles. The van der Waals surface area contributed by atoms with Gasteiger partial charge in [-0.25, -0.2) is 4.79 Å². The number of amides is 2. The van der Waals surface area contributed by atoms with Crippen molar-refractivity contribution in [1.82, 2.24) is 15.8 Å². The SMILES string of the molecule is Cc1cc(CNC(=O)NC(C)Cc2ccc(C(F)(F)F)cc2)no1. The number of carbonyl (C=O) groups is 1. The quantitative estimate of drug-likeness (QED) is 0.875. The van der Waals surface area contributed by atoms with Crippen LogP contribution >= 0.6 is 0 Å². The fourth-order valence-corrected chi connectivity index (χ4v) is 2.18. The molecule has 1 heterocycles. The van der Waals surface area contributed by atoms with E-state index in [1.165, 1.54) is 12.1 Å². The largest absolute Gasteiger partial charge is 0.416 e. The van der Waals surface area contributed by atoms with E-state index in [0.29, 0.717) is 23.4 Å². The number of aromatic nitrogens is 1. The molecule has 24 heavy (non-hydrogen) atoms. The summed E-state index contributed by atoms with van der Waals surface area (Å²) in [6, 6.07) is 6.00. The molecule has 130 valence electrons. The Morgan fingerprint density at radius 1 is 1.29 bits per heavy atom. The lowest BCUT2D eigenvalue weighted by molar-refractivity contribution is -0.137. The summed E-state index contributed by atoms with van der Waals surface area (Å²) in [4.78, 5) is 11.8. The lowest BCUT2D eigenvalue weighted by atomic mass is 10.1. The lowest BCUT2D eigenvalue weighted by Gasteiger charge is -2.15. The number of urea groups is 1. The number of benzene rings is 1. The van der Waals surface area contributed by atoms with Crippen LogP contribution in [0.2, 0.25) is 0 Å². The van der Waals surface area contributed by atoms with Crippen molar-refractivity contribution in [2.45, 2.75) is 39.0 Å². The maximum atomic E-state index is 12.5. The molecule has 1 aromatic carbocycles. The fraction of sp³-hybridized carbons (Fsp3) is 0.375. The summed E-state index contributed by atoms with van der Waals surface area (Å²) in [5, 5.41) is 9.11. The van der Waals surface area contributed by atoms with Crippen LogP contribution in [0.5, 0.6) is 0 Å². The lowest BCUT2D eigenvalue weighted by Crippen LogP contribution is -2.41. The van der Waals surface area contributed by atoms with E-state index in [4.69, 9.17) is 4.52 Å². The van der Waals surface area contributed by atoms with E-state index < -0.39 is 11.7 Å². The molecule has 2 aromatic rings. The van der Waals surface area contributed by atoms with E-state index in [1.807, 2.05) is 0 Å². The number of hydrogen-bond acceptors (Lipinski definition) is 3. The smallest absolute Gasteiger partial charge is 0.361 e. The van der Waals surface area contributed by atoms with Crippen LogP contribution in [0.4, 0.5) is 18.0 Å². The zero-order valence-corrected chi connectivity index (χ0v) is 13.3. The van der Waals surface area contributed by atoms with E-state index in [-0.39, 0.29) is 18.6 Å². The highest BCUT2D eigenvalue weighted by Gasteiger charge is 2.29. The summed E-state index contributed by atoms with van der Waals surface area (Å²) in [6.07, 6.45) is -3.92. The van der Waals surface area contributed by atoms with Crippen molar-refractivity contribution in [3.63, 3.8) is 0 Å². The molecule has 1 atom stereocenters. The third-order valence-electron chi connectivity index (χ3n) is 3.31. The summed E-state index contributed by atoms with van der Waals surface area (Å²) in [5.41, 5.74) is 0.633. The van der Waals surface area contributed by atoms with Gasteiger partial charge >= 0.3 is 12.2 Å². The molecule has 8 heteroatoms. The number of alkyl halides is 3. The van der Waals surface area contributed by atoms with Gasteiger partial charge in [0.2, 0.25) is 0 Å². The van der Waals surface area contributed by atoms with Crippen molar-refractivity contribution < 1.29 is 22.5 Å². The number of carbonyl (C=O) groups excluding carboxylic acids is 1. The van der Waals surface area contributed by atoms with Crippen LogP contribution in [0, 0.1) is 6.92 Å². The Labute approximate surface area is 137 Å². The van der Waals surface area contributed by atoms with Crippen molar-refractivity contribution in [3.8, 4) is 0 Å². The average molecular weight is 341 g/mol. The predicted molar refractivity (Wildman–Crippen MR) is 81.2 cm³/mol. The first-order valence-electron chi connectivity index (χ1n) is 7.37. The van der Waals surface area contributed by atoms with E-state index in [0.717, 1.165) is 12.1 Å². The Kier molecular flexibility index (Phi) is 5.48. The van der Waals surface area contributed by atoms with Crippen molar-refractivity contribution >= 4 is 6.03 Å². The first-order valence-corrected chi connectivity index (χ1v) is 7.37. The summed E-state index contributed by atoms with van der Waals surface area (Å²) >= 11 is 0. The van der Waals surface area contributed by atoms with Crippen LogP contribution in [0.25, 0.3) is 0 Å². The Bertz CT molecular complexity index is 681. The van der Waals surface area contributed by atoms with Crippen LogP contribution < -0.4 is 10.6 Å². The first kappa shape index (κ1) is 17.8. The third-order valence-corrected chi connectivity index (χ3v) is 3.31. The molecule has 2 amide bonds. The zero-order chi connectivity index (χ0) is 17.7. The van der Waals surface area contributed by atoms with Gasteiger partial charge in [-0.1, -0.05) is 17.3 Å². The standard InChI is InChI=1S/C16H18F3N3O2/c1-10(7-12-3-5-13(6-4-12)16(17,18)19)21-15(23)20-9-14-8-11(2)24-22-14/h3-6,8,10H,7,9H2,1-2H3,(H2,20,21,23). The minimum Gasteiger partial charge on any atom is -0.361 e. The molecule has 0 aliphatic heterocycles. The predicted octanol–water partition coefficient (Wildman–Crippen LogP) is 3.43. The summed E-state index contributed by atoms with van der Waals surface area (Å²) in [5.74, 6) is 0.655. The highest BCUT2D eigenvalue weighted by Crippen LogP contribution is 2.29. The summed E-state index contributed by atoms with van der Waals surface area (Å²) in [6.45, 7) is 3.76. The molecule has 0 saturated heterocycles. The molecule has 0 saturated carbocycles. The monoisotopic (exact) mass is 341 g/mol. The zero-order valence-electron chi connectivity index (χ0n) is 13.3. The van der Waals surface area contributed by atoms with Gasteiger partial charge in [-0.15, -0.1) is 0 Å². The molecule has 0 radical (unpaired) electrons. The molecule has 1 aromatic heterocycles. The van der Waals surface area contributed by atoms with Gasteiger partial charge in [0.15, 0.2) is 0 Å². The number of nitrogens with one attached hydrogen (secondary N) is 2. The molecule has 0 spiro atoms. The van der Waals surface area contributed by atoms with Gasteiger partial charge < -0.3 is 15.2 Å². The first-order chi connectivity index (χ1) is 11.2. The van der Waals surface area contributed by atoms with Crippen LogP contribution in [0.15, 0.2) is 34.9 Å². The van der Waals surface area contributed by atoms with E-state index >= 15 is 0 Å². The van der Waals surface area contributed by atoms with E-state index in [9.17, 15) is 18.0 Å². The fourth-order valence-electron chi connectivity index (χ4n) is 2.18. The van der Waals surface area contributed by atoms with Gasteiger partial charge in [0.05, 0.1) is 12.1 Å². The summed E-state index contributed by atoms with van der Waals surface area (Å²) < 4.78 is 42.4. The Morgan fingerprint density at radius 2 is 1.96 bits per heavy atom. The minimum absolute atomic E-state index is 0.232. The number of hydrogen-bond donors (Lipinski definition) is 2. The van der Waals surface area contributed by atoms with E-state index in [2.05, 4.69) is 15.8 Å². The van der Waals surface area contributed by atoms with Crippen LogP contribution in [0.1, 0.15) is 29.5 Å². The second-order valence-electron chi connectivity index (χ2n) is 5.56. The molecule has 1 unspecified atom stereocenters. The minimum atomic E-state index is -4.35. The van der Waals surface area contributed by atoms with Crippen molar-refractivity contribution in [3.05, 3.63) is 52.9 Å². The highest BCUT2D eigenvalue weighted by molar-refractivity contribution is 5.74. The van der Waals surface area contributed by atoms with Crippen molar-refractivity contribution in [2.24, 2.45) is 0 Å². The van der Waals surface area contributed by atoms with Gasteiger partial charge in [0.25, 0.3) is 0 Å². The molecule has 5 nitrogen and oxygen atoms in total. The number of halogens is 3. The third kappa shape index (κ3) is 5.29. The Hall–Kier alpha value is -2.51. The van der Waals surface area contributed by atoms with Crippen molar-refractivity contribution in [2.75, 3.05) is 0 Å². The van der Waals surface area contributed by atoms with Gasteiger partial charge in [0, 0.05) is 12.1 Å². The Balaban J connectivity index is 1.79. The topological polar surface area (TPSA) is 67.2 Å². The number of aryl methyl sites for hydroxylation is 1. The maximum absolute atomic E-state index is 12.5. The molecular formula is C16H18F3N3O2. The second kappa shape index (κ2) is 7.37. The van der Waals surface area contributed by atoms with Gasteiger partial charge in [0.1, 0.15) is 11.5 Å². The van der Waals surface area contributed by atoms with Crippen molar-refractivity contribution in [1.29, 1.82) is 0 Å². The number of nitrogens with zero attached hydrogens (tertiary/aromatic N) is 1. The molecule has 0 aliphatic rings. The normalized spacial score (nSPS) is 12.7. The van der Waals surface area contributed by atoms with Gasteiger partial charge in [-0.2, -0.15) is 13.2 Å². The molecule has 2 rings (SSSR count). The van der Waals surface area contributed by atoms with Crippen LogP contribution in [0.3, 0.4) is 0 Å². The number of rotatable bonds is 5.